The first-order chi connectivity index (χ1) is 10.2. The lowest BCUT2D eigenvalue weighted by Gasteiger charge is -2.02. The molecule has 21 heavy (non-hydrogen) atoms. The number of amides is 1. The molecule has 0 fully saturated rings. The zero-order valence-corrected chi connectivity index (χ0v) is 12.9. The van der Waals surface area contributed by atoms with E-state index in [1.807, 2.05) is 6.92 Å². The van der Waals surface area contributed by atoms with E-state index >= 15 is 0 Å². The fourth-order valence-corrected chi connectivity index (χ4v) is 2.44. The Labute approximate surface area is 127 Å². The largest absolute Gasteiger partial charge is 0.463 e. The Bertz CT molecular complexity index is 583. The lowest BCUT2D eigenvalue weighted by molar-refractivity contribution is -0.115. The predicted octanol–water partition coefficient (Wildman–Crippen LogP) is 2.63. The first kappa shape index (κ1) is 15.4. The number of aromatic amines is 1. The molecule has 0 spiro atoms. The third-order valence-corrected chi connectivity index (χ3v) is 3.63. The standard InChI is InChI=1S/C14H18N4O2S/c1-3-20-14-16-13(17-18-14)15-12(19)8-9-21-11-6-4-10(2)5-7-11/h4-7H,3,8-9H2,1-2H3,(H2,15,16,17,18,19). The van der Waals surface area contributed by atoms with E-state index in [1.165, 1.54) is 5.56 Å². The molecule has 0 radical (unpaired) electrons. The summed E-state index contributed by atoms with van der Waals surface area (Å²) in [6.45, 7) is 4.38. The molecule has 1 heterocycles. The molecule has 0 aliphatic heterocycles. The van der Waals surface area contributed by atoms with Crippen LogP contribution in [0.1, 0.15) is 18.9 Å². The zero-order chi connectivity index (χ0) is 15.1. The molecule has 0 saturated carbocycles. The maximum absolute atomic E-state index is 11.8. The summed E-state index contributed by atoms with van der Waals surface area (Å²) in [4.78, 5) is 16.9. The molecule has 1 aromatic carbocycles. The summed E-state index contributed by atoms with van der Waals surface area (Å²) in [6.07, 6.45) is 0.406. The molecule has 0 aliphatic rings. The Balaban J connectivity index is 1.72. The molecule has 6 nitrogen and oxygen atoms in total. The molecule has 112 valence electrons. The third-order valence-electron chi connectivity index (χ3n) is 2.61. The molecule has 2 rings (SSSR count). The van der Waals surface area contributed by atoms with Gasteiger partial charge in [0.2, 0.25) is 11.9 Å². The molecular formula is C14H18N4O2S. The van der Waals surface area contributed by atoms with E-state index in [1.54, 1.807) is 11.8 Å². The van der Waals surface area contributed by atoms with E-state index in [4.69, 9.17) is 4.74 Å². The minimum Gasteiger partial charge on any atom is -0.463 e. The number of hydrogen-bond donors (Lipinski definition) is 2. The smallest absolute Gasteiger partial charge is 0.337 e. The number of benzene rings is 1. The van der Waals surface area contributed by atoms with Crippen molar-refractivity contribution in [3.63, 3.8) is 0 Å². The highest BCUT2D eigenvalue weighted by Gasteiger charge is 2.07. The van der Waals surface area contributed by atoms with Crippen molar-refractivity contribution in [2.75, 3.05) is 17.7 Å². The monoisotopic (exact) mass is 306 g/mol. The molecule has 0 aliphatic carbocycles. The Kier molecular flexibility index (Phi) is 5.62. The fraction of sp³-hybridized carbons (Fsp3) is 0.357. The van der Waals surface area contributed by atoms with Crippen LogP contribution in [-0.4, -0.2) is 33.4 Å². The zero-order valence-electron chi connectivity index (χ0n) is 12.0. The number of H-pyrrole nitrogens is 1. The third kappa shape index (κ3) is 5.11. The van der Waals surface area contributed by atoms with Gasteiger partial charge in [0.15, 0.2) is 0 Å². The molecule has 2 aromatic rings. The van der Waals surface area contributed by atoms with Gasteiger partial charge in [-0.15, -0.1) is 16.9 Å². The maximum atomic E-state index is 11.8. The van der Waals surface area contributed by atoms with E-state index in [-0.39, 0.29) is 11.9 Å². The quantitative estimate of drug-likeness (QED) is 0.769. The van der Waals surface area contributed by atoms with Crippen LogP contribution in [0, 0.1) is 6.92 Å². The van der Waals surface area contributed by atoms with Gasteiger partial charge in [-0.3, -0.25) is 10.1 Å². The minimum atomic E-state index is -0.103. The van der Waals surface area contributed by atoms with Gasteiger partial charge in [0, 0.05) is 17.1 Å². The number of nitrogens with zero attached hydrogens (tertiary/aromatic N) is 2. The van der Waals surface area contributed by atoms with Gasteiger partial charge in [-0.25, -0.2) is 5.10 Å². The molecule has 0 atom stereocenters. The summed E-state index contributed by atoms with van der Waals surface area (Å²) in [5.74, 6) is 0.916. The second kappa shape index (κ2) is 7.68. The first-order valence-electron chi connectivity index (χ1n) is 6.72. The number of aryl methyl sites for hydroxylation is 1. The number of rotatable bonds is 7. The summed E-state index contributed by atoms with van der Waals surface area (Å²) in [6, 6.07) is 8.48. The van der Waals surface area contributed by atoms with Crippen LogP contribution in [0.3, 0.4) is 0 Å². The molecule has 7 heteroatoms. The molecule has 0 bridgehead atoms. The molecule has 2 N–H and O–H groups in total. The van der Waals surface area contributed by atoms with E-state index in [0.29, 0.717) is 24.7 Å². The van der Waals surface area contributed by atoms with Gasteiger partial charge in [-0.05, 0) is 26.0 Å². The molecule has 0 saturated heterocycles. The fourth-order valence-electron chi connectivity index (χ4n) is 1.59. The summed E-state index contributed by atoms with van der Waals surface area (Å²) in [5.41, 5.74) is 1.23. The van der Waals surface area contributed by atoms with Crippen molar-refractivity contribution in [2.45, 2.75) is 25.2 Å². The average molecular weight is 306 g/mol. The van der Waals surface area contributed by atoms with Crippen LogP contribution < -0.4 is 10.1 Å². The SMILES string of the molecule is CCOc1n[nH]c(NC(=O)CCSc2ccc(C)cc2)n1. The van der Waals surface area contributed by atoms with Crippen molar-refractivity contribution in [1.29, 1.82) is 0 Å². The number of carbonyl (C=O) groups excluding carboxylic acids is 1. The van der Waals surface area contributed by atoms with Gasteiger partial charge in [0.05, 0.1) is 6.61 Å². The highest BCUT2D eigenvalue weighted by molar-refractivity contribution is 7.99. The van der Waals surface area contributed by atoms with Gasteiger partial charge in [0.25, 0.3) is 0 Å². The van der Waals surface area contributed by atoms with Crippen LogP contribution >= 0.6 is 11.8 Å². The van der Waals surface area contributed by atoms with Crippen LogP contribution in [0.25, 0.3) is 0 Å². The lowest BCUT2D eigenvalue weighted by atomic mass is 10.2. The topological polar surface area (TPSA) is 79.9 Å². The van der Waals surface area contributed by atoms with Crippen LogP contribution in [0.4, 0.5) is 5.95 Å². The normalized spacial score (nSPS) is 10.4. The lowest BCUT2D eigenvalue weighted by Crippen LogP contribution is -2.13. The van der Waals surface area contributed by atoms with Crippen LogP contribution in [0.5, 0.6) is 6.01 Å². The summed E-state index contributed by atoms with van der Waals surface area (Å²) >= 11 is 1.65. The Morgan fingerprint density at radius 2 is 2.14 bits per heavy atom. The number of hydrogen-bond acceptors (Lipinski definition) is 5. The summed E-state index contributed by atoms with van der Waals surface area (Å²) in [7, 11) is 0. The molecule has 1 aromatic heterocycles. The Morgan fingerprint density at radius 3 is 2.86 bits per heavy atom. The number of anilines is 1. The van der Waals surface area contributed by atoms with Crippen molar-refractivity contribution in [1.82, 2.24) is 15.2 Å². The van der Waals surface area contributed by atoms with E-state index in [9.17, 15) is 4.79 Å². The Hall–Kier alpha value is -2.02. The minimum absolute atomic E-state index is 0.103. The second-order valence-electron chi connectivity index (χ2n) is 4.36. The van der Waals surface area contributed by atoms with Gasteiger partial charge in [0.1, 0.15) is 0 Å². The van der Waals surface area contributed by atoms with Gasteiger partial charge in [-0.2, -0.15) is 4.98 Å². The number of ether oxygens (including phenoxy) is 1. The van der Waals surface area contributed by atoms with Crippen molar-refractivity contribution < 1.29 is 9.53 Å². The van der Waals surface area contributed by atoms with E-state index in [2.05, 4.69) is 51.7 Å². The predicted molar refractivity (Wildman–Crippen MR) is 82.7 cm³/mol. The van der Waals surface area contributed by atoms with Gasteiger partial charge < -0.3 is 4.74 Å². The van der Waals surface area contributed by atoms with Gasteiger partial charge in [-0.1, -0.05) is 17.7 Å². The van der Waals surface area contributed by atoms with Crippen LogP contribution in [0.2, 0.25) is 0 Å². The van der Waals surface area contributed by atoms with Crippen molar-refractivity contribution in [3.8, 4) is 6.01 Å². The van der Waals surface area contributed by atoms with Crippen molar-refractivity contribution in [3.05, 3.63) is 29.8 Å². The number of nitrogens with one attached hydrogen (secondary N) is 2. The van der Waals surface area contributed by atoms with E-state index < -0.39 is 0 Å². The van der Waals surface area contributed by atoms with Crippen molar-refractivity contribution in [2.24, 2.45) is 0 Å². The summed E-state index contributed by atoms with van der Waals surface area (Å²) in [5, 5.41) is 9.08. The second-order valence-corrected chi connectivity index (χ2v) is 5.53. The number of carbonyl (C=O) groups is 1. The number of aromatic nitrogens is 3. The highest BCUT2D eigenvalue weighted by atomic mass is 32.2. The summed E-state index contributed by atoms with van der Waals surface area (Å²) < 4.78 is 5.11. The highest BCUT2D eigenvalue weighted by Crippen LogP contribution is 2.19. The molecular weight excluding hydrogens is 288 g/mol. The maximum Gasteiger partial charge on any atom is 0.337 e. The number of thioether (sulfide) groups is 1. The molecule has 1 amide bonds. The first-order valence-corrected chi connectivity index (χ1v) is 7.70. The van der Waals surface area contributed by atoms with Crippen LogP contribution in [0.15, 0.2) is 29.2 Å². The van der Waals surface area contributed by atoms with Crippen molar-refractivity contribution >= 4 is 23.6 Å². The average Bonchev–Trinajstić information content (AvgIpc) is 2.89. The molecule has 0 unspecified atom stereocenters. The van der Waals surface area contributed by atoms with Crippen LogP contribution in [-0.2, 0) is 4.79 Å². The van der Waals surface area contributed by atoms with E-state index in [0.717, 1.165) is 4.90 Å². The van der Waals surface area contributed by atoms with Gasteiger partial charge >= 0.3 is 6.01 Å². The Morgan fingerprint density at radius 1 is 1.38 bits per heavy atom.